The lowest BCUT2D eigenvalue weighted by Gasteiger charge is -2.41. The molecule has 10 nitrogen and oxygen atoms in total. The van der Waals surface area contributed by atoms with Gasteiger partial charge in [-0.05, 0) is 31.0 Å². The van der Waals surface area contributed by atoms with E-state index in [1.165, 1.54) is 46.7 Å². The van der Waals surface area contributed by atoms with E-state index in [9.17, 15) is 23.6 Å². The van der Waals surface area contributed by atoms with Gasteiger partial charge >= 0.3 is 0 Å². The van der Waals surface area contributed by atoms with E-state index in [1.54, 1.807) is 0 Å². The Morgan fingerprint density at radius 2 is 1.88 bits per heavy atom. The van der Waals surface area contributed by atoms with Gasteiger partial charge in [0.15, 0.2) is 0 Å². The lowest BCUT2D eigenvalue weighted by Crippen LogP contribution is -2.63. The monoisotopic (exact) mass is 454 g/mol. The van der Waals surface area contributed by atoms with Crippen molar-refractivity contribution in [2.45, 2.75) is 24.9 Å². The topological polar surface area (TPSA) is 125 Å². The molecule has 4 rings (SSSR count). The second kappa shape index (κ2) is 9.72. The number of halogens is 1. The van der Waals surface area contributed by atoms with Gasteiger partial charge in [0.05, 0.1) is 12.1 Å². The van der Waals surface area contributed by atoms with Gasteiger partial charge in [-0.3, -0.25) is 19.2 Å². The minimum absolute atomic E-state index is 0.0593. The molecule has 2 saturated heterocycles. The number of carbonyl (C=O) groups excluding carboxylic acids is 4. The Hall–Kier alpha value is -3.89. The summed E-state index contributed by atoms with van der Waals surface area (Å²) in [4.78, 5) is 61.8. The van der Waals surface area contributed by atoms with Crippen LogP contribution in [0.15, 0.2) is 43.0 Å². The minimum Gasteiger partial charge on any atom is -0.354 e. The molecule has 2 aliphatic rings. The Morgan fingerprint density at radius 1 is 1.09 bits per heavy atom. The largest absolute Gasteiger partial charge is 0.354 e. The summed E-state index contributed by atoms with van der Waals surface area (Å²) in [7, 11) is 0. The molecule has 0 spiro atoms. The van der Waals surface area contributed by atoms with Gasteiger partial charge in [0, 0.05) is 37.6 Å². The maximum absolute atomic E-state index is 13.7. The van der Waals surface area contributed by atoms with E-state index >= 15 is 0 Å². The molecule has 2 N–H and O–H groups in total. The number of aromatic nitrogens is 2. The van der Waals surface area contributed by atoms with Crippen LogP contribution >= 0.6 is 0 Å². The summed E-state index contributed by atoms with van der Waals surface area (Å²) in [6, 6.07) is 3.43. The fourth-order valence-electron chi connectivity index (χ4n) is 3.99. The molecule has 3 heterocycles. The summed E-state index contributed by atoms with van der Waals surface area (Å²) in [6.45, 7) is 0.682. The first-order valence-corrected chi connectivity index (χ1v) is 10.6. The molecule has 2 aliphatic heterocycles. The van der Waals surface area contributed by atoms with Crippen LogP contribution in [-0.2, 0) is 9.59 Å². The molecule has 2 fully saturated rings. The zero-order valence-corrected chi connectivity index (χ0v) is 17.7. The quantitative estimate of drug-likeness (QED) is 0.669. The van der Waals surface area contributed by atoms with Crippen molar-refractivity contribution in [1.82, 2.24) is 30.4 Å². The number of benzene rings is 1. The average Bonchev–Trinajstić information content (AvgIpc) is 2.84. The van der Waals surface area contributed by atoms with Gasteiger partial charge in [-0.25, -0.2) is 14.4 Å². The van der Waals surface area contributed by atoms with Gasteiger partial charge in [-0.2, -0.15) is 0 Å². The summed E-state index contributed by atoms with van der Waals surface area (Å²) in [6.07, 6.45) is 5.25. The van der Waals surface area contributed by atoms with E-state index < -0.39 is 29.7 Å². The zero-order chi connectivity index (χ0) is 23.4. The molecule has 2 atom stereocenters. The van der Waals surface area contributed by atoms with E-state index in [0.29, 0.717) is 19.4 Å². The van der Waals surface area contributed by atoms with E-state index in [4.69, 9.17) is 0 Å². The molecule has 0 bridgehead atoms. The number of rotatable bonds is 4. The second-order valence-corrected chi connectivity index (χ2v) is 7.90. The highest BCUT2D eigenvalue weighted by Gasteiger charge is 2.39. The van der Waals surface area contributed by atoms with Crippen molar-refractivity contribution in [3.05, 3.63) is 59.9 Å². The van der Waals surface area contributed by atoms with E-state index in [1.807, 2.05) is 0 Å². The Balaban J connectivity index is 1.57. The van der Waals surface area contributed by atoms with Crippen LogP contribution in [0.25, 0.3) is 0 Å². The third kappa shape index (κ3) is 4.97. The highest BCUT2D eigenvalue weighted by Crippen LogP contribution is 2.18. The Labute approximate surface area is 189 Å². The number of nitrogens with one attached hydrogen (secondary N) is 2. The first-order valence-electron chi connectivity index (χ1n) is 10.6. The summed E-state index contributed by atoms with van der Waals surface area (Å²) >= 11 is 0. The number of hydrogen-bond donors (Lipinski definition) is 2. The van der Waals surface area contributed by atoms with E-state index in [-0.39, 0.29) is 42.6 Å². The van der Waals surface area contributed by atoms with Crippen LogP contribution in [0.2, 0.25) is 0 Å². The molecule has 11 heteroatoms. The molecular weight excluding hydrogens is 431 g/mol. The predicted octanol–water partition coefficient (Wildman–Crippen LogP) is -0.0227. The zero-order valence-electron chi connectivity index (χ0n) is 17.7. The minimum atomic E-state index is -1.06. The molecule has 2 aromatic rings. The summed E-state index contributed by atoms with van der Waals surface area (Å²) < 4.78 is 13.7. The number of piperidine rings is 1. The van der Waals surface area contributed by atoms with Crippen molar-refractivity contribution >= 4 is 23.6 Å². The van der Waals surface area contributed by atoms with Gasteiger partial charge in [0.1, 0.15) is 24.2 Å². The fourth-order valence-corrected chi connectivity index (χ4v) is 3.99. The lowest BCUT2D eigenvalue weighted by atomic mass is 10.0. The van der Waals surface area contributed by atoms with Crippen molar-refractivity contribution in [3.8, 4) is 0 Å². The summed E-state index contributed by atoms with van der Waals surface area (Å²) in [5.74, 6) is -2.32. The predicted molar refractivity (Wildman–Crippen MR) is 113 cm³/mol. The summed E-state index contributed by atoms with van der Waals surface area (Å²) in [5, 5.41) is 5.40. The molecule has 172 valence electrons. The maximum atomic E-state index is 13.7. The van der Waals surface area contributed by atoms with Gasteiger partial charge in [-0.1, -0.05) is 6.07 Å². The van der Waals surface area contributed by atoms with Crippen LogP contribution in [0.4, 0.5) is 4.39 Å². The van der Waals surface area contributed by atoms with Crippen LogP contribution in [0.3, 0.4) is 0 Å². The number of hydrogen-bond acceptors (Lipinski definition) is 6. The normalized spacial score (nSPS) is 20.7. The molecule has 33 heavy (non-hydrogen) atoms. The van der Waals surface area contributed by atoms with Gasteiger partial charge in [0.25, 0.3) is 11.8 Å². The van der Waals surface area contributed by atoms with Crippen LogP contribution < -0.4 is 10.6 Å². The van der Waals surface area contributed by atoms with Gasteiger partial charge in [0.2, 0.25) is 11.8 Å². The molecule has 4 amide bonds. The van der Waals surface area contributed by atoms with E-state index in [2.05, 4.69) is 20.6 Å². The van der Waals surface area contributed by atoms with Crippen LogP contribution in [-0.4, -0.2) is 81.7 Å². The second-order valence-electron chi connectivity index (χ2n) is 7.90. The summed E-state index contributed by atoms with van der Waals surface area (Å²) in [5.41, 5.74) is 0.354. The van der Waals surface area contributed by atoms with Crippen molar-refractivity contribution in [2.24, 2.45) is 0 Å². The maximum Gasteiger partial charge on any atom is 0.257 e. The molecule has 0 aliphatic carbocycles. The van der Waals surface area contributed by atoms with Crippen molar-refractivity contribution in [1.29, 1.82) is 0 Å². The van der Waals surface area contributed by atoms with Crippen LogP contribution in [0, 0.1) is 5.82 Å². The molecule has 0 unspecified atom stereocenters. The van der Waals surface area contributed by atoms with Crippen LogP contribution in [0.5, 0.6) is 0 Å². The smallest absolute Gasteiger partial charge is 0.257 e. The van der Waals surface area contributed by atoms with E-state index in [0.717, 1.165) is 6.07 Å². The molecule has 1 aromatic heterocycles. The number of carbonyl (C=O) groups is 4. The SMILES string of the molecule is O=C1NCCC[C@H]1NC(=O)[C@@H]1CN(C(=O)c2cncnc2)CCN1C(=O)c1cccc(F)c1. The lowest BCUT2D eigenvalue weighted by molar-refractivity contribution is -0.133. The van der Waals surface area contributed by atoms with Crippen molar-refractivity contribution in [3.63, 3.8) is 0 Å². The molecule has 0 radical (unpaired) electrons. The third-order valence-corrected chi connectivity index (χ3v) is 5.71. The van der Waals surface area contributed by atoms with Gasteiger partial charge < -0.3 is 20.4 Å². The highest BCUT2D eigenvalue weighted by atomic mass is 19.1. The Morgan fingerprint density at radius 3 is 2.61 bits per heavy atom. The van der Waals surface area contributed by atoms with Crippen LogP contribution in [0.1, 0.15) is 33.6 Å². The van der Waals surface area contributed by atoms with Crippen molar-refractivity contribution < 1.29 is 23.6 Å². The Kier molecular flexibility index (Phi) is 6.57. The number of nitrogens with zero attached hydrogens (tertiary/aromatic N) is 4. The molecule has 1 aromatic carbocycles. The standard InChI is InChI=1S/C22H23FN6O4/c23-16-4-1-3-14(9-16)22(33)29-8-7-28(21(32)15-10-24-13-25-11-15)12-18(29)20(31)27-17-5-2-6-26-19(17)30/h1,3-4,9-11,13,17-18H,2,5-8,12H2,(H,26,30)(H,27,31)/t17-,18+/m1/s1. The van der Waals surface area contributed by atoms with Crippen molar-refractivity contribution in [2.75, 3.05) is 26.2 Å². The number of amides is 4. The highest BCUT2D eigenvalue weighted by molar-refractivity contribution is 6.00. The average molecular weight is 454 g/mol. The van der Waals surface area contributed by atoms with Gasteiger partial charge in [-0.15, -0.1) is 0 Å². The first-order chi connectivity index (χ1) is 15.9. The molecular formula is C22H23FN6O4. The number of piperazine rings is 1. The fraction of sp³-hybridized carbons (Fsp3) is 0.364. The third-order valence-electron chi connectivity index (χ3n) is 5.71. The Bertz CT molecular complexity index is 1070. The molecule has 0 saturated carbocycles. The first kappa shape index (κ1) is 22.3.